The van der Waals surface area contributed by atoms with Crippen molar-refractivity contribution in [3.05, 3.63) is 54.8 Å². The lowest BCUT2D eigenvalue weighted by Gasteiger charge is -2.05. The first-order chi connectivity index (χ1) is 12.6. The third-order valence-corrected chi connectivity index (χ3v) is 4.60. The molecular formula is C18H19N3O4S. The van der Waals surface area contributed by atoms with E-state index >= 15 is 0 Å². The van der Waals surface area contributed by atoms with Gasteiger partial charge in [-0.1, -0.05) is 25.4 Å². The maximum atomic E-state index is 12.4. The van der Waals surface area contributed by atoms with E-state index in [9.17, 15) is 9.59 Å². The molecule has 3 rings (SSSR count). The largest absolute Gasteiger partial charge is 0.403 e. The average molecular weight is 373 g/mol. The Hall–Kier alpha value is -2.74. The van der Waals surface area contributed by atoms with Crippen LogP contribution in [0, 0.1) is 0 Å². The Labute approximate surface area is 153 Å². The number of aromatic nitrogens is 2. The lowest BCUT2D eigenvalue weighted by atomic mass is 10.1. The minimum Gasteiger partial charge on any atom is -0.403 e. The van der Waals surface area contributed by atoms with Crippen molar-refractivity contribution in [1.29, 1.82) is 0 Å². The SMILES string of the molecule is CCCC/C(=N/Oc1nc2oc(=O)cc(CC)c2c(=O)[nH]1)c1ccsc1. The molecule has 0 aromatic carbocycles. The van der Waals surface area contributed by atoms with Gasteiger partial charge < -0.3 is 9.25 Å². The van der Waals surface area contributed by atoms with E-state index < -0.39 is 11.2 Å². The van der Waals surface area contributed by atoms with Crippen molar-refractivity contribution >= 4 is 28.1 Å². The Kier molecular flexibility index (Phi) is 5.62. The van der Waals surface area contributed by atoms with Crippen LogP contribution in [0.3, 0.4) is 0 Å². The standard InChI is InChI=1S/C18H19N3O4S/c1-3-5-6-13(12-7-8-26-10-12)21-25-18-19-16(23)15-11(4-2)9-14(22)24-17(15)20-18/h7-10H,3-6H2,1-2H3,(H,19,20,23)/b21-13-. The minimum absolute atomic E-state index is 0.0473. The van der Waals surface area contributed by atoms with Crippen molar-refractivity contribution < 1.29 is 9.25 Å². The van der Waals surface area contributed by atoms with Crippen molar-refractivity contribution in [3.63, 3.8) is 0 Å². The van der Waals surface area contributed by atoms with Gasteiger partial charge in [0, 0.05) is 11.6 Å². The summed E-state index contributed by atoms with van der Waals surface area (Å²) >= 11 is 1.57. The van der Waals surface area contributed by atoms with Crippen molar-refractivity contribution in [2.45, 2.75) is 39.5 Å². The highest BCUT2D eigenvalue weighted by molar-refractivity contribution is 7.08. The molecule has 7 nitrogen and oxygen atoms in total. The van der Waals surface area contributed by atoms with E-state index in [0.29, 0.717) is 12.0 Å². The molecule has 0 bridgehead atoms. The van der Waals surface area contributed by atoms with E-state index in [1.54, 1.807) is 11.3 Å². The molecule has 0 saturated heterocycles. The first-order valence-electron chi connectivity index (χ1n) is 8.45. The Bertz CT molecular complexity index is 1030. The molecule has 136 valence electrons. The van der Waals surface area contributed by atoms with Crippen molar-refractivity contribution in [3.8, 4) is 6.01 Å². The summed E-state index contributed by atoms with van der Waals surface area (Å²) in [5, 5.41) is 8.37. The van der Waals surface area contributed by atoms with Crippen LogP contribution in [0.25, 0.3) is 11.1 Å². The van der Waals surface area contributed by atoms with Gasteiger partial charge in [0.15, 0.2) is 0 Å². The zero-order valence-corrected chi connectivity index (χ0v) is 15.4. The van der Waals surface area contributed by atoms with Gasteiger partial charge in [0.25, 0.3) is 5.56 Å². The quantitative estimate of drug-likeness (QED) is 0.505. The van der Waals surface area contributed by atoms with E-state index in [1.165, 1.54) is 6.07 Å². The molecular weight excluding hydrogens is 354 g/mol. The maximum Gasteiger partial charge on any atom is 0.337 e. The number of aryl methyl sites for hydroxylation is 1. The highest BCUT2D eigenvalue weighted by Crippen LogP contribution is 2.15. The Balaban J connectivity index is 1.97. The number of nitrogens with one attached hydrogen (secondary N) is 1. The van der Waals surface area contributed by atoms with Crippen molar-refractivity contribution in [2.24, 2.45) is 5.16 Å². The monoisotopic (exact) mass is 373 g/mol. The first-order valence-corrected chi connectivity index (χ1v) is 9.40. The molecule has 26 heavy (non-hydrogen) atoms. The second-order valence-electron chi connectivity index (χ2n) is 5.74. The predicted molar refractivity (Wildman–Crippen MR) is 101 cm³/mol. The second kappa shape index (κ2) is 8.09. The van der Waals surface area contributed by atoms with Gasteiger partial charge in [-0.25, -0.2) is 4.79 Å². The van der Waals surface area contributed by atoms with E-state index in [1.807, 2.05) is 23.8 Å². The topological polar surface area (TPSA) is 97.5 Å². The van der Waals surface area contributed by atoms with Crippen LogP contribution >= 0.6 is 11.3 Å². The summed E-state index contributed by atoms with van der Waals surface area (Å²) in [7, 11) is 0. The number of aromatic amines is 1. The Morgan fingerprint density at radius 3 is 2.92 bits per heavy atom. The molecule has 0 atom stereocenters. The van der Waals surface area contributed by atoms with Crippen LogP contribution in [0.1, 0.15) is 44.2 Å². The molecule has 3 heterocycles. The van der Waals surface area contributed by atoms with Gasteiger partial charge >= 0.3 is 11.6 Å². The summed E-state index contributed by atoms with van der Waals surface area (Å²) in [6, 6.07) is 3.16. The Morgan fingerprint density at radius 2 is 2.23 bits per heavy atom. The van der Waals surface area contributed by atoms with Crippen molar-refractivity contribution in [1.82, 2.24) is 9.97 Å². The summed E-state index contributed by atoms with van der Waals surface area (Å²) < 4.78 is 5.06. The summed E-state index contributed by atoms with van der Waals surface area (Å²) in [6.07, 6.45) is 3.26. The van der Waals surface area contributed by atoms with Crippen molar-refractivity contribution in [2.75, 3.05) is 0 Å². The number of fused-ring (bicyclic) bond motifs is 1. The molecule has 0 spiro atoms. The number of hydrogen-bond acceptors (Lipinski definition) is 7. The van der Waals surface area contributed by atoms with Gasteiger partial charge in [-0.3, -0.25) is 9.78 Å². The van der Waals surface area contributed by atoms with E-state index in [2.05, 4.69) is 22.0 Å². The van der Waals surface area contributed by atoms with Crippen LogP contribution in [0.5, 0.6) is 6.01 Å². The maximum absolute atomic E-state index is 12.4. The lowest BCUT2D eigenvalue weighted by Crippen LogP contribution is -2.14. The normalized spacial score (nSPS) is 11.8. The fraction of sp³-hybridized carbons (Fsp3) is 0.333. The van der Waals surface area contributed by atoms with Crippen LogP contribution in [0.15, 0.2) is 42.1 Å². The average Bonchev–Trinajstić information content (AvgIpc) is 3.15. The minimum atomic E-state index is -0.552. The highest BCUT2D eigenvalue weighted by atomic mass is 32.1. The van der Waals surface area contributed by atoms with Crippen LogP contribution in [0.4, 0.5) is 0 Å². The molecule has 1 N–H and O–H groups in total. The molecule has 3 aromatic heterocycles. The first kappa shape index (κ1) is 18.1. The van der Waals surface area contributed by atoms with E-state index in [-0.39, 0.29) is 17.1 Å². The predicted octanol–water partition coefficient (Wildman–Crippen LogP) is 3.47. The fourth-order valence-electron chi connectivity index (χ4n) is 2.57. The van der Waals surface area contributed by atoms with Gasteiger partial charge in [-0.15, -0.1) is 0 Å². The molecule has 0 radical (unpaired) electrons. The number of rotatable bonds is 7. The highest BCUT2D eigenvalue weighted by Gasteiger charge is 2.13. The summed E-state index contributed by atoms with van der Waals surface area (Å²) in [6.45, 7) is 3.95. The van der Waals surface area contributed by atoms with Gasteiger partial charge in [-0.2, -0.15) is 16.3 Å². The zero-order valence-electron chi connectivity index (χ0n) is 14.6. The molecule has 0 unspecified atom stereocenters. The molecule has 0 saturated carbocycles. The van der Waals surface area contributed by atoms with E-state index in [4.69, 9.17) is 9.25 Å². The molecule has 0 aliphatic heterocycles. The third-order valence-electron chi connectivity index (χ3n) is 3.92. The summed E-state index contributed by atoms with van der Waals surface area (Å²) in [4.78, 5) is 36.0. The molecule has 8 heteroatoms. The molecule has 0 aliphatic rings. The summed E-state index contributed by atoms with van der Waals surface area (Å²) in [5.74, 6) is 0. The molecule has 0 amide bonds. The van der Waals surface area contributed by atoms with Gasteiger partial charge in [0.2, 0.25) is 5.71 Å². The number of thiophene rings is 1. The molecule has 0 aliphatic carbocycles. The van der Waals surface area contributed by atoms with Crippen LogP contribution < -0.4 is 16.0 Å². The number of nitrogens with zero attached hydrogens (tertiary/aromatic N) is 2. The lowest BCUT2D eigenvalue weighted by molar-refractivity contribution is 0.310. The molecule has 0 fully saturated rings. The van der Waals surface area contributed by atoms with Gasteiger partial charge in [0.1, 0.15) is 5.39 Å². The van der Waals surface area contributed by atoms with Gasteiger partial charge in [0.05, 0.1) is 5.71 Å². The van der Waals surface area contributed by atoms with Gasteiger partial charge in [-0.05, 0) is 41.7 Å². The number of H-pyrrole nitrogens is 1. The third kappa shape index (κ3) is 3.91. The second-order valence-corrected chi connectivity index (χ2v) is 6.52. The van der Waals surface area contributed by atoms with Crippen LogP contribution in [-0.4, -0.2) is 15.7 Å². The fourth-order valence-corrected chi connectivity index (χ4v) is 3.23. The van der Waals surface area contributed by atoms with E-state index in [0.717, 1.165) is 30.5 Å². The smallest absolute Gasteiger partial charge is 0.337 e. The Morgan fingerprint density at radius 1 is 1.38 bits per heavy atom. The molecule has 3 aromatic rings. The van der Waals surface area contributed by atoms with Crippen LogP contribution in [-0.2, 0) is 6.42 Å². The number of oxime groups is 1. The zero-order chi connectivity index (χ0) is 18.5. The number of hydrogen-bond donors (Lipinski definition) is 1. The number of unbranched alkanes of at least 4 members (excludes halogenated alkanes) is 1. The summed E-state index contributed by atoms with van der Waals surface area (Å²) in [5.41, 5.74) is 1.32. The van der Waals surface area contributed by atoms with Crippen LogP contribution in [0.2, 0.25) is 0 Å².